The number of methoxy groups -OCH3 is 1. The van der Waals surface area contributed by atoms with Crippen molar-refractivity contribution in [3.8, 4) is 0 Å². The summed E-state index contributed by atoms with van der Waals surface area (Å²) in [7, 11) is 2.40. The van der Waals surface area contributed by atoms with Crippen molar-refractivity contribution in [3.63, 3.8) is 0 Å². The Morgan fingerprint density at radius 3 is 1.67 bits per heavy atom. The standard InChI is InChI=1S/C6H12.C5H10O2.C3H6.CH4O.CO.CH4/c1-5(2)6(3)4;1-3-4-5(6)7-2;1-3-2;2*1-2;/h6H,1H2,2-4H3;3-4H2,1-2H3;3H,1H2,2H3;2H,1H3;;1H4. The molecule has 0 aliphatic heterocycles. The molecule has 0 aromatic carbocycles. The number of carbonyl (C=O) groups is 1. The van der Waals surface area contributed by atoms with Crippen LogP contribution in [0.3, 0.4) is 0 Å². The van der Waals surface area contributed by atoms with Crippen LogP contribution in [-0.2, 0) is 14.2 Å². The van der Waals surface area contributed by atoms with Gasteiger partial charge in [0, 0.05) is 13.5 Å². The third kappa shape index (κ3) is 88.3. The minimum absolute atomic E-state index is 0. The Kier molecular flexibility index (Phi) is 74.8. The van der Waals surface area contributed by atoms with Gasteiger partial charge >= 0.3 is 17.3 Å². The molecule has 0 fully saturated rings. The molecule has 0 atom stereocenters. The molecule has 21 heavy (non-hydrogen) atoms. The van der Waals surface area contributed by atoms with Gasteiger partial charge < -0.3 is 9.84 Å². The van der Waals surface area contributed by atoms with E-state index in [4.69, 9.17) is 9.76 Å². The van der Waals surface area contributed by atoms with Crippen molar-refractivity contribution in [1.82, 2.24) is 0 Å². The third-order valence-electron chi connectivity index (χ3n) is 1.67. The van der Waals surface area contributed by atoms with Crippen LogP contribution in [0.25, 0.3) is 0 Å². The number of hydrogen-bond donors (Lipinski definition) is 1. The van der Waals surface area contributed by atoms with Crippen LogP contribution in [-0.4, -0.2) is 25.3 Å². The Morgan fingerprint density at radius 2 is 1.62 bits per heavy atom. The maximum absolute atomic E-state index is 10.2. The van der Waals surface area contributed by atoms with Crippen molar-refractivity contribution in [2.24, 2.45) is 5.92 Å². The second-order valence-corrected chi connectivity index (χ2v) is 3.74. The van der Waals surface area contributed by atoms with E-state index in [9.17, 15) is 4.79 Å². The molecule has 0 aromatic heterocycles. The molecular formula is C17H36O4. The number of esters is 1. The molecule has 0 aliphatic rings. The van der Waals surface area contributed by atoms with Gasteiger partial charge in [-0.1, -0.05) is 46.4 Å². The van der Waals surface area contributed by atoms with E-state index in [0.717, 1.165) is 13.5 Å². The molecule has 4 heteroatoms. The Hall–Kier alpha value is -1.35. The quantitative estimate of drug-likeness (QED) is 0.359. The van der Waals surface area contributed by atoms with Crippen LogP contribution in [0.2, 0.25) is 0 Å². The first kappa shape index (κ1) is 36.7. The molecule has 128 valence electrons. The molecule has 0 radical (unpaired) electrons. The van der Waals surface area contributed by atoms with Crippen LogP contribution in [0.15, 0.2) is 24.8 Å². The maximum atomic E-state index is 10.2. The van der Waals surface area contributed by atoms with Crippen molar-refractivity contribution in [2.75, 3.05) is 14.2 Å². The van der Waals surface area contributed by atoms with Gasteiger partial charge in [-0.3, -0.25) is 4.79 Å². The van der Waals surface area contributed by atoms with E-state index >= 15 is 0 Å². The number of hydrogen-bond acceptors (Lipinski definition) is 3. The van der Waals surface area contributed by atoms with E-state index in [2.05, 4.69) is 38.4 Å². The van der Waals surface area contributed by atoms with Crippen molar-refractivity contribution < 1.29 is 19.3 Å². The van der Waals surface area contributed by atoms with Gasteiger partial charge in [-0.2, -0.15) is 0 Å². The number of allylic oxidation sites excluding steroid dienone is 2. The van der Waals surface area contributed by atoms with Gasteiger partial charge in [-0.25, -0.2) is 0 Å². The van der Waals surface area contributed by atoms with Gasteiger partial charge in [0.05, 0.1) is 7.11 Å². The van der Waals surface area contributed by atoms with Gasteiger partial charge in [0.1, 0.15) is 0 Å². The number of carbonyl (C=O) groups excluding carboxylic acids is 1. The Balaban J connectivity index is -0.0000000367. The fraction of sp³-hybridized carbons (Fsp3) is 0.647. The van der Waals surface area contributed by atoms with Crippen molar-refractivity contribution in [1.29, 1.82) is 0 Å². The normalized spacial score (nSPS) is 6.43. The molecule has 0 spiro atoms. The van der Waals surface area contributed by atoms with Crippen molar-refractivity contribution in [3.05, 3.63) is 31.5 Å². The molecule has 1 N–H and O–H groups in total. The number of rotatable bonds is 3. The Bertz CT molecular complexity index is 218. The van der Waals surface area contributed by atoms with E-state index in [1.165, 1.54) is 12.7 Å². The van der Waals surface area contributed by atoms with Gasteiger partial charge in [-0.05, 0) is 26.2 Å². The predicted octanol–water partition coefficient (Wildman–Crippen LogP) is 4.58. The SMILES string of the molecule is C.C=C(C)C(C)C.C=CC.CCCC(=O)OC.CO.[C-]#[O+]. The summed E-state index contributed by atoms with van der Waals surface area (Å²) in [4.78, 5) is 10.2. The van der Waals surface area contributed by atoms with Gasteiger partial charge in [0.2, 0.25) is 0 Å². The van der Waals surface area contributed by atoms with Gasteiger partial charge in [0.25, 0.3) is 0 Å². The number of aliphatic hydroxyl groups excluding tert-OH is 1. The first-order chi connectivity index (χ1) is 9.37. The van der Waals surface area contributed by atoms with E-state index in [1.54, 1.807) is 6.08 Å². The number of ether oxygens (including phenoxy) is 1. The molecule has 0 unspecified atom stereocenters. The summed E-state index contributed by atoms with van der Waals surface area (Å²) in [5, 5.41) is 7.00. The van der Waals surface area contributed by atoms with Crippen molar-refractivity contribution in [2.45, 2.75) is 54.9 Å². The zero-order valence-corrected chi connectivity index (χ0v) is 14.2. The molecule has 0 aliphatic carbocycles. The average molecular weight is 304 g/mol. The molecule has 0 aromatic rings. The molecule has 0 bridgehead atoms. The van der Waals surface area contributed by atoms with E-state index in [1.807, 2.05) is 20.8 Å². The van der Waals surface area contributed by atoms with E-state index in [-0.39, 0.29) is 13.4 Å². The topological polar surface area (TPSA) is 66.4 Å². The molecule has 4 nitrogen and oxygen atoms in total. The number of aliphatic hydroxyl groups is 1. The Labute approximate surface area is 132 Å². The van der Waals surface area contributed by atoms with Crippen LogP contribution in [0.5, 0.6) is 0 Å². The summed E-state index contributed by atoms with van der Waals surface area (Å²) in [6.45, 7) is 21.8. The second kappa shape index (κ2) is 42.8. The second-order valence-electron chi connectivity index (χ2n) is 3.74. The fourth-order valence-corrected chi connectivity index (χ4v) is 0.306. The molecule has 0 saturated carbocycles. The summed E-state index contributed by atoms with van der Waals surface area (Å²) in [6, 6.07) is 0. The predicted molar refractivity (Wildman–Crippen MR) is 91.3 cm³/mol. The summed E-state index contributed by atoms with van der Waals surface area (Å²) < 4.78 is 11.9. The molecular weight excluding hydrogens is 268 g/mol. The van der Waals surface area contributed by atoms with Crippen LogP contribution in [0.4, 0.5) is 0 Å². The fourth-order valence-electron chi connectivity index (χ4n) is 0.306. The summed E-state index contributed by atoms with van der Waals surface area (Å²) in [6.07, 6.45) is 3.16. The zero-order chi connectivity index (χ0) is 17.6. The molecule has 0 amide bonds. The van der Waals surface area contributed by atoms with E-state index < -0.39 is 0 Å². The zero-order valence-electron chi connectivity index (χ0n) is 14.2. The van der Waals surface area contributed by atoms with Crippen LogP contribution >= 0.6 is 0 Å². The first-order valence-electron chi connectivity index (χ1n) is 6.31. The third-order valence-corrected chi connectivity index (χ3v) is 1.67. The Morgan fingerprint density at radius 1 is 1.38 bits per heavy atom. The van der Waals surface area contributed by atoms with Crippen LogP contribution in [0.1, 0.15) is 54.9 Å². The summed E-state index contributed by atoms with van der Waals surface area (Å²) >= 11 is 0. The van der Waals surface area contributed by atoms with E-state index in [0.29, 0.717) is 12.3 Å². The minimum atomic E-state index is -0.123. The van der Waals surface area contributed by atoms with Crippen LogP contribution in [0, 0.1) is 12.6 Å². The molecule has 0 saturated heterocycles. The van der Waals surface area contributed by atoms with Gasteiger partial charge in [-0.15, -0.1) is 6.58 Å². The van der Waals surface area contributed by atoms with Crippen molar-refractivity contribution >= 4 is 5.97 Å². The van der Waals surface area contributed by atoms with Gasteiger partial charge in [0.15, 0.2) is 0 Å². The average Bonchev–Trinajstić information content (AvgIpc) is 2.45. The molecule has 0 rings (SSSR count). The monoisotopic (exact) mass is 304 g/mol. The summed E-state index contributed by atoms with van der Waals surface area (Å²) in [5.74, 6) is 0.535. The summed E-state index contributed by atoms with van der Waals surface area (Å²) in [5.41, 5.74) is 1.26. The molecule has 0 heterocycles. The van der Waals surface area contributed by atoms with Crippen LogP contribution < -0.4 is 0 Å². The first-order valence-corrected chi connectivity index (χ1v) is 6.31.